The fraction of sp³-hybridized carbons (Fsp3) is 0.229. The van der Waals surface area contributed by atoms with E-state index in [4.69, 9.17) is 32.7 Å². The molecule has 2 saturated heterocycles. The van der Waals surface area contributed by atoms with Crippen LogP contribution in [0.25, 0.3) is 0 Å². The van der Waals surface area contributed by atoms with Crippen molar-refractivity contribution in [2.45, 2.75) is 37.7 Å². The van der Waals surface area contributed by atoms with E-state index in [-0.39, 0.29) is 47.6 Å². The van der Waals surface area contributed by atoms with Crippen molar-refractivity contribution in [3.63, 3.8) is 0 Å². The summed E-state index contributed by atoms with van der Waals surface area (Å²) in [6.07, 6.45) is 2.11. The van der Waals surface area contributed by atoms with Gasteiger partial charge in [0.25, 0.3) is 11.8 Å². The molecule has 3 fully saturated rings. The Bertz CT molecular complexity index is 2650. The molecule has 6 unspecified atom stereocenters. The van der Waals surface area contributed by atoms with Gasteiger partial charge in [0.05, 0.1) is 46.7 Å². The highest BCUT2D eigenvalue weighted by Crippen LogP contribution is 2.65. The van der Waals surface area contributed by atoms with Crippen molar-refractivity contribution in [2.75, 3.05) is 17.4 Å². The van der Waals surface area contributed by atoms with Crippen molar-refractivity contribution >= 4 is 64.0 Å². The number of fused-ring (bicyclic) bond motifs is 4. The number of phenols is 1. The first-order valence-corrected chi connectivity index (χ1v) is 20.6. The van der Waals surface area contributed by atoms with Crippen molar-refractivity contribution in [1.82, 2.24) is 5.01 Å². The highest BCUT2D eigenvalue weighted by atomic mass is 35.5. The van der Waals surface area contributed by atoms with Crippen LogP contribution in [0.5, 0.6) is 17.2 Å². The van der Waals surface area contributed by atoms with E-state index in [9.17, 15) is 19.5 Å². The summed E-state index contributed by atoms with van der Waals surface area (Å²) in [5.41, 5.74) is 4.74. The Balaban J connectivity index is 1.20. The molecule has 0 bridgehead atoms. The number of phenolic OH excluding ortho intramolecular Hbond substituents is 1. The molecule has 9 rings (SSSR count). The predicted octanol–water partition coefficient (Wildman–Crippen LogP) is 8.68. The first-order valence-electron chi connectivity index (χ1n) is 19.8. The summed E-state index contributed by atoms with van der Waals surface area (Å²) in [7, 11) is 1.53. The van der Waals surface area contributed by atoms with Crippen LogP contribution in [-0.4, -0.2) is 46.6 Å². The number of benzene rings is 5. The number of carbonyl (C=O) groups is 5. The number of allylic oxidation sites excluding steroid dienone is 2. The summed E-state index contributed by atoms with van der Waals surface area (Å²) >= 11 is 12.8. The molecule has 308 valence electrons. The largest absolute Gasteiger partial charge is 0.508 e. The topological polar surface area (TPSA) is 143 Å². The van der Waals surface area contributed by atoms with Crippen molar-refractivity contribution in [3.05, 3.63) is 159 Å². The number of ether oxygens (including phenoxy) is 2. The molecule has 13 heteroatoms. The molecule has 11 nitrogen and oxygen atoms in total. The predicted molar refractivity (Wildman–Crippen MR) is 228 cm³/mol. The molecule has 5 aromatic carbocycles. The van der Waals surface area contributed by atoms with Crippen LogP contribution >= 0.6 is 23.2 Å². The third-order valence-corrected chi connectivity index (χ3v) is 13.2. The first kappa shape index (κ1) is 40.0. The number of methoxy groups -OCH3 is 1. The van der Waals surface area contributed by atoms with Gasteiger partial charge in [-0.05, 0) is 97.5 Å². The summed E-state index contributed by atoms with van der Waals surface area (Å²) in [5.74, 6) is -5.88. The Hall–Kier alpha value is -6.43. The number of imide groups is 2. The average Bonchev–Trinajstić information content (AvgIpc) is 3.64. The van der Waals surface area contributed by atoms with Crippen LogP contribution in [0.15, 0.2) is 127 Å². The van der Waals surface area contributed by atoms with Gasteiger partial charge < -0.3 is 14.6 Å². The monoisotopic (exact) mass is 855 g/mol. The maximum absolute atomic E-state index is 15.6. The molecule has 4 amide bonds. The average molecular weight is 857 g/mol. The van der Waals surface area contributed by atoms with Crippen molar-refractivity contribution in [2.24, 2.45) is 23.7 Å². The van der Waals surface area contributed by atoms with E-state index in [1.54, 1.807) is 72.8 Å². The Morgan fingerprint density at radius 3 is 2.23 bits per heavy atom. The molecule has 61 heavy (non-hydrogen) atoms. The van der Waals surface area contributed by atoms with Crippen LogP contribution in [0.4, 0.5) is 11.4 Å². The third kappa shape index (κ3) is 6.54. The van der Waals surface area contributed by atoms with E-state index in [2.05, 4.69) is 5.43 Å². The molecule has 2 aliphatic carbocycles. The van der Waals surface area contributed by atoms with E-state index < -0.39 is 52.7 Å². The zero-order valence-corrected chi connectivity index (χ0v) is 34.5. The second kappa shape index (κ2) is 15.6. The highest BCUT2D eigenvalue weighted by Gasteiger charge is 2.70. The van der Waals surface area contributed by atoms with Gasteiger partial charge in [-0.2, -0.15) is 5.01 Å². The minimum atomic E-state index is -1.68. The first-order chi connectivity index (χ1) is 29.4. The Morgan fingerprint density at radius 1 is 0.836 bits per heavy atom. The summed E-state index contributed by atoms with van der Waals surface area (Å²) in [4.78, 5) is 72.9. The minimum absolute atomic E-state index is 0.0296. The molecular weight excluding hydrogens is 817 g/mol. The van der Waals surface area contributed by atoms with Crippen molar-refractivity contribution in [3.8, 4) is 17.2 Å². The van der Waals surface area contributed by atoms with Gasteiger partial charge in [-0.15, -0.1) is 0 Å². The standard InChI is InChI=1S/C48H39Cl2N3O8/c1-26(54)28-8-13-31(14-9-28)52-44(56)36-20-19-34-37(42(36)46(52)58)24-38-45(57)53(51-40-21-12-30(49)22-39(40)50)47(59)48(38,29-10-15-32(60-2)16-11-29)43(34)35-18-17-33(23-41(35)55)61-25-27-6-4-3-5-7-27/h3-19,21-23,36-38,42-43,51,55H,20,24-25H2,1-2H3. The van der Waals surface area contributed by atoms with Gasteiger partial charge >= 0.3 is 0 Å². The summed E-state index contributed by atoms with van der Waals surface area (Å²) < 4.78 is 11.6. The second-order valence-electron chi connectivity index (χ2n) is 15.8. The number of nitrogens with zero attached hydrogens (tertiary/aromatic N) is 2. The molecular formula is C48H39Cl2N3O8. The quantitative estimate of drug-likeness (QED) is 0.0802. The van der Waals surface area contributed by atoms with Crippen LogP contribution < -0.4 is 19.8 Å². The zero-order valence-electron chi connectivity index (χ0n) is 33.0. The van der Waals surface area contributed by atoms with E-state index in [0.717, 1.165) is 10.6 Å². The normalized spacial score (nSPS) is 24.2. The van der Waals surface area contributed by atoms with Gasteiger partial charge in [-0.1, -0.05) is 83.4 Å². The molecule has 0 radical (unpaired) electrons. The lowest BCUT2D eigenvalue weighted by Gasteiger charge is -2.50. The zero-order chi connectivity index (χ0) is 42.7. The number of halogens is 2. The summed E-state index contributed by atoms with van der Waals surface area (Å²) in [5, 5.41) is 13.6. The van der Waals surface area contributed by atoms with Crippen LogP contribution in [0.1, 0.15) is 52.7 Å². The minimum Gasteiger partial charge on any atom is -0.508 e. The maximum Gasteiger partial charge on any atom is 0.260 e. The van der Waals surface area contributed by atoms with Gasteiger partial charge in [0.1, 0.15) is 23.9 Å². The number of rotatable bonds is 10. The Labute approximate surface area is 361 Å². The maximum atomic E-state index is 15.6. The van der Waals surface area contributed by atoms with Crippen molar-refractivity contribution < 1.29 is 38.6 Å². The van der Waals surface area contributed by atoms with Crippen LogP contribution in [0.2, 0.25) is 10.0 Å². The van der Waals surface area contributed by atoms with Gasteiger partial charge in [-0.3, -0.25) is 34.3 Å². The lowest BCUT2D eigenvalue weighted by molar-refractivity contribution is -0.138. The lowest BCUT2D eigenvalue weighted by atomic mass is 9.49. The van der Waals surface area contributed by atoms with E-state index in [1.165, 1.54) is 31.1 Å². The highest BCUT2D eigenvalue weighted by molar-refractivity contribution is 6.36. The molecule has 5 aromatic rings. The van der Waals surface area contributed by atoms with Gasteiger partial charge in [0.2, 0.25) is 11.8 Å². The second-order valence-corrected chi connectivity index (χ2v) is 16.7. The summed E-state index contributed by atoms with van der Waals surface area (Å²) in [6.45, 7) is 1.68. The molecule has 0 spiro atoms. The van der Waals surface area contributed by atoms with Gasteiger partial charge in [0, 0.05) is 28.1 Å². The molecule has 1 saturated carbocycles. The van der Waals surface area contributed by atoms with Crippen LogP contribution in [0, 0.1) is 23.7 Å². The smallest absolute Gasteiger partial charge is 0.260 e. The Morgan fingerprint density at radius 2 is 1.56 bits per heavy atom. The number of Topliss-reactive ketones (excluding diaryl/α,β-unsaturated/α-hetero) is 1. The van der Waals surface area contributed by atoms with Gasteiger partial charge in [0.15, 0.2) is 5.78 Å². The third-order valence-electron chi connectivity index (χ3n) is 12.7. The molecule has 2 N–H and O–H groups in total. The number of ketones is 1. The number of carbonyl (C=O) groups excluding carboxylic acids is 5. The van der Waals surface area contributed by atoms with E-state index in [1.807, 2.05) is 36.4 Å². The van der Waals surface area contributed by atoms with Crippen LogP contribution in [-0.2, 0) is 31.2 Å². The Kier molecular flexibility index (Phi) is 10.2. The number of hydrazine groups is 1. The lowest BCUT2D eigenvalue weighted by Crippen LogP contribution is -2.53. The number of hydrogen-bond donors (Lipinski definition) is 2. The summed E-state index contributed by atoms with van der Waals surface area (Å²) in [6, 6.07) is 32.4. The van der Waals surface area contributed by atoms with E-state index in [0.29, 0.717) is 44.5 Å². The number of amides is 4. The fourth-order valence-corrected chi connectivity index (χ4v) is 10.3. The van der Waals surface area contributed by atoms with Gasteiger partial charge in [-0.25, -0.2) is 0 Å². The molecule has 0 aromatic heterocycles. The van der Waals surface area contributed by atoms with E-state index >= 15 is 9.59 Å². The van der Waals surface area contributed by atoms with Crippen LogP contribution in [0.3, 0.4) is 0 Å². The molecule has 2 aliphatic heterocycles. The number of nitrogens with one attached hydrogen (secondary N) is 1. The van der Waals surface area contributed by atoms with Crippen molar-refractivity contribution in [1.29, 1.82) is 0 Å². The molecule has 6 atom stereocenters. The number of hydrogen-bond acceptors (Lipinski definition) is 9. The number of anilines is 2. The molecule has 4 aliphatic rings. The molecule has 2 heterocycles. The fourth-order valence-electron chi connectivity index (χ4n) is 9.89. The number of aromatic hydroxyl groups is 1. The SMILES string of the molecule is COc1ccc(C23C(=O)N(Nc4ccc(Cl)cc4Cl)C(=O)C2CC2C(=CCC4C(=O)N(c5ccc(C(C)=O)cc5)C(=O)C42)C3c2ccc(OCc3ccccc3)cc2O)cc1.